The number of hydrogen-bond donors (Lipinski definition) is 1. The van der Waals surface area contributed by atoms with Crippen LogP contribution in [-0.2, 0) is 6.61 Å². The molecule has 1 aromatic carbocycles. The average Bonchev–Trinajstić information content (AvgIpc) is 3.01. The lowest BCUT2D eigenvalue weighted by Gasteiger charge is -2.06. The van der Waals surface area contributed by atoms with Crippen molar-refractivity contribution < 1.29 is 4.74 Å². The van der Waals surface area contributed by atoms with E-state index in [2.05, 4.69) is 5.32 Å². The summed E-state index contributed by atoms with van der Waals surface area (Å²) in [5, 5.41) is 22.1. The molecule has 0 fully saturated rings. The molecule has 0 atom stereocenters. The Bertz CT molecular complexity index is 645. The minimum atomic E-state index is 0.0306. The molecule has 0 bridgehead atoms. The van der Waals surface area contributed by atoms with Gasteiger partial charge in [0.2, 0.25) is 0 Å². The monoisotopic (exact) mass is 281 g/mol. The van der Waals surface area contributed by atoms with E-state index in [1.54, 1.807) is 23.5 Å². The summed E-state index contributed by atoms with van der Waals surface area (Å²) >= 11 is 1.66. The van der Waals surface area contributed by atoms with Crippen molar-refractivity contribution in [2.45, 2.75) is 6.61 Å². The van der Waals surface area contributed by atoms with Crippen molar-refractivity contribution in [1.82, 2.24) is 0 Å². The first-order valence-electron chi connectivity index (χ1n) is 5.84. The fourth-order valence-corrected chi connectivity index (χ4v) is 2.06. The molecule has 0 spiro atoms. The van der Waals surface area contributed by atoms with Crippen molar-refractivity contribution >= 4 is 17.0 Å². The minimum Gasteiger partial charge on any atom is -0.488 e. The predicted octanol–water partition coefficient (Wildman–Crippen LogP) is 3.67. The molecule has 2 rings (SSSR count). The Hall–Kier alpha value is -2.76. The van der Waals surface area contributed by atoms with Gasteiger partial charge in [-0.1, -0.05) is 6.07 Å². The van der Waals surface area contributed by atoms with Gasteiger partial charge in [-0.2, -0.15) is 10.5 Å². The molecule has 98 valence electrons. The maximum Gasteiger partial charge on any atom is 0.145 e. The lowest BCUT2D eigenvalue weighted by atomic mass is 10.3. The number of benzene rings is 1. The number of nitrogens with one attached hydrogen (secondary N) is 1. The zero-order chi connectivity index (χ0) is 14.2. The van der Waals surface area contributed by atoms with Crippen LogP contribution in [0, 0.1) is 22.7 Å². The van der Waals surface area contributed by atoms with Crippen LogP contribution in [0.25, 0.3) is 0 Å². The van der Waals surface area contributed by atoms with Crippen molar-refractivity contribution in [3.63, 3.8) is 0 Å². The number of nitriles is 2. The van der Waals surface area contributed by atoms with Gasteiger partial charge < -0.3 is 10.1 Å². The van der Waals surface area contributed by atoms with Crippen LogP contribution >= 0.6 is 11.3 Å². The number of rotatable bonds is 5. The van der Waals surface area contributed by atoms with Crippen molar-refractivity contribution in [3.8, 4) is 17.9 Å². The number of ether oxygens (including phenoxy) is 1. The van der Waals surface area contributed by atoms with Crippen LogP contribution < -0.4 is 10.1 Å². The molecule has 0 aliphatic rings. The predicted molar refractivity (Wildman–Crippen MR) is 78.0 cm³/mol. The lowest BCUT2D eigenvalue weighted by molar-refractivity contribution is 0.310. The van der Waals surface area contributed by atoms with Gasteiger partial charge in [-0.15, -0.1) is 11.3 Å². The van der Waals surface area contributed by atoms with Gasteiger partial charge in [0, 0.05) is 16.8 Å². The smallest absolute Gasteiger partial charge is 0.145 e. The quantitative estimate of drug-likeness (QED) is 0.849. The van der Waals surface area contributed by atoms with Crippen molar-refractivity contribution in [2.24, 2.45) is 0 Å². The normalized spacial score (nSPS) is 9.10. The average molecular weight is 281 g/mol. The Kier molecular flexibility index (Phi) is 4.77. The van der Waals surface area contributed by atoms with Crippen LogP contribution in [0.3, 0.4) is 0 Å². The molecule has 1 heterocycles. The van der Waals surface area contributed by atoms with Crippen LogP contribution in [0.15, 0.2) is 53.6 Å². The first-order chi connectivity index (χ1) is 9.81. The summed E-state index contributed by atoms with van der Waals surface area (Å²) in [5.74, 6) is 0.772. The van der Waals surface area contributed by atoms with Gasteiger partial charge in [-0.25, -0.2) is 0 Å². The first kappa shape index (κ1) is 13.7. The molecule has 0 saturated heterocycles. The second kappa shape index (κ2) is 6.98. The van der Waals surface area contributed by atoms with E-state index in [-0.39, 0.29) is 5.57 Å². The van der Waals surface area contributed by atoms with E-state index < -0.39 is 0 Å². The van der Waals surface area contributed by atoms with E-state index >= 15 is 0 Å². The maximum absolute atomic E-state index is 8.61. The highest BCUT2D eigenvalue weighted by Crippen LogP contribution is 2.18. The molecule has 4 nitrogen and oxygen atoms in total. The van der Waals surface area contributed by atoms with E-state index in [9.17, 15) is 0 Å². The largest absolute Gasteiger partial charge is 0.488 e. The van der Waals surface area contributed by atoms with E-state index in [1.807, 2.05) is 41.8 Å². The Balaban J connectivity index is 1.92. The van der Waals surface area contributed by atoms with Gasteiger partial charge in [-0.3, -0.25) is 0 Å². The Morgan fingerprint density at radius 2 is 1.95 bits per heavy atom. The molecule has 20 heavy (non-hydrogen) atoms. The third-order valence-electron chi connectivity index (χ3n) is 2.44. The summed E-state index contributed by atoms with van der Waals surface area (Å²) in [4.78, 5) is 1.17. The highest BCUT2D eigenvalue weighted by atomic mass is 32.1. The van der Waals surface area contributed by atoms with E-state index in [4.69, 9.17) is 15.3 Å². The highest BCUT2D eigenvalue weighted by molar-refractivity contribution is 7.09. The number of thiophene rings is 1. The summed E-state index contributed by atoms with van der Waals surface area (Å²) in [7, 11) is 0. The third-order valence-corrected chi connectivity index (χ3v) is 3.29. The molecule has 1 N–H and O–H groups in total. The van der Waals surface area contributed by atoms with Crippen molar-refractivity contribution in [2.75, 3.05) is 5.32 Å². The standard InChI is InChI=1S/C15H11N3OS/c16-8-12(9-17)10-18-13-3-5-14(6-4-13)19-11-15-2-1-7-20-15/h1-7,10,18H,11H2. The molecule has 0 saturated carbocycles. The number of hydrogen-bond acceptors (Lipinski definition) is 5. The first-order valence-corrected chi connectivity index (χ1v) is 6.72. The van der Waals surface area contributed by atoms with Crippen molar-refractivity contribution in [3.05, 3.63) is 58.4 Å². The summed E-state index contributed by atoms with van der Waals surface area (Å²) in [6.45, 7) is 0.553. The Labute approximate surface area is 121 Å². The summed E-state index contributed by atoms with van der Waals surface area (Å²) < 4.78 is 5.64. The molecule has 0 amide bonds. The molecule has 1 aromatic heterocycles. The van der Waals surface area contributed by atoms with Gasteiger partial charge in [-0.05, 0) is 35.7 Å². The van der Waals surface area contributed by atoms with E-state index in [1.165, 1.54) is 11.1 Å². The summed E-state index contributed by atoms with van der Waals surface area (Å²) in [6.07, 6.45) is 1.38. The number of anilines is 1. The van der Waals surface area contributed by atoms with Gasteiger partial charge in [0.25, 0.3) is 0 Å². The van der Waals surface area contributed by atoms with E-state index in [0.717, 1.165) is 11.4 Å². The van der Waals surface area contributed by atoms with Gasteiger partial charge in [0.1, 0.15) is 30.1 Å². The van der Waals surface area contributed by atoms with Crippen molar-refractivity contribution in [1.29, 1.82) is 10.5 Å². The molecule has 0 radical (unpaired) electrons. The molecule has 0 aliphatic heterocycles. The maximum atomic E-state index is 8.61. The van der Waals surface area contributed by atoms with E-state index in [0.29, 0.717) is 6.61 Å². The SMILES string of the molecule is N#CC(C#N)=CNc1ccc(OCc2cccs2)cc1. The number of nitrogens with zero attached hydrogens (tertiary/aromatic N) is 2. The minimum absolute atomic E-state index is 0.0306. The van der Waals surface area contributed by atoms with Crippen LogP contribution in [0.2, 0.25) is 0 Å². The van der Waals surface area contributed by atoms with Gasteiger partial charge >= 0.3 is 0 Å². The molecular formula is C15H11N3OS. The second-order valence-electron chi connectivity index (χ2n) is 3.82. The second-order valence-corrected chi connectivity index (χ2v) is 4.85. The number of allylic oxidation sites excluding steroid dienone is 1. The fourth-order valence-electron chi connectivity index (χ4n) is 1.44. The topological polar surface area (TPSA) is 68.8 Å². The summed E-state index contributed by atoms with van der Waals surface area (Å²) in [6, 6.07) is 14.9. The summed E-state index contributed by atoms with van der Waals surface area (Å²) in [5.41, 5.74) is 0.819. The Morgan fingerprint density at radius 3 is 2.55 bits per heavy atom. The third kappa shape index (κ3) is 3.88. The Morgan fingerprint density at radius 1 is 1.20 bits per heavy atom. The fraction of sp³-hybridized carbons (Fsp3) is 0.0667. The highest BCUT2D eigenvalue weighted by Gasteiger charge is 1.97. The van der Waals surface area contributed by atoms with Gasteiger partial charge in [0.15, 0.2) is 0 Å². The van der Waals surface area contributed by atoms with Crippen LogP contribution in [0.5, 0.6) is 5.75 Å². The van der Waals surface area contributed by atoms with Crippen LogP contribution in [0.4, 0.5) is 5.69 Å². The van der Waals surface area contributed by atoms with Gasteiger partial charge in [0.05, 0.1) is 0 Å². The molecule has 0 aliphatic carbocycles. The zero-order valence-electron chi connectivity index (χ0n) is 10.5. The molecule has 0 unspecified atom stereocenters. The molecule has 5 heteroatoms. The zero-order valence-corrected chi connectivity index (χ0v) is 11.4. The molecular weight excluding hydrogens is 270 g/mol. The van der Waals surface area contributed by atoms with Crippen LogP contribution in [-0.4, -0.2) is 0 Å². The van der Waals surface area contributed by atoms with Crippen LogP contribution in [0.1, 0.15) is 4.88 Å². The molecule has 2 aromatic rings. The lowest BCUT2D eigenvalue weighted by Crippen LogP contribution is -1.93.